The molecule has 2 rings (SSSR count). The molecule has 21 heavy (non-hydrogen) atoms. The summed E-state index contributed by atoms with van der Waals surface area (Å²) in [6, 6.07) is 9.95. The molecule has 0 heterocycles. The lowest BCUT2D eigenvalue weighted by Crippen LogP contribution is -2.00. The minimum Gasteiger partial charge on any atom is -0.508 e. The van der Waals surface area contributed by atoms with Gasteiger partial charge >= 0.3 is 5.97 Å². The topological polar surface area (TPSA) is 92.8 Å². The van der Waals surface area contributed by atoms with Gasteiger partial charge in [0.15, 0.2) is 5.75 Å². The largest absolute Gasteiger partial charge is 0.508 e. The Morgan fingerprint density at radius 1 is 1.24 bits per heavy atom. The number of hydrogen-bond donors (Lipinski definition) is 3. The molecule has 0 atom stereocenters. The smallest absolute Gasteiger partial charge is 0.303 e. The molecule has 0 radical (unpaired) electrons. The van der Waals surface area contributed by atoms with Crippen LogP contribution in [-0.4, -0.2) is 16.2 Å². The molecule has 0 saturated heterocycles. The van der Waals surface area contributed by atoms with Crippen LogP contribution in [0.3, 0.4) is 0 Å². The lowest BCUT2D eigenvalue weighted by Gasteiger charge is -2.13. The van der Waals surface area contributed by atoms with Crippen molar-refractivity contribution < 1.29 is 19.7 Å². The number of aliphatic carboxylic acids is 1. The predicted octanol–water partition coefficient (Wildman–Crippen LogP) is 3.09. The van der Waals surface area contributed by atoms with Crippen LogP contribution in [0, 0.1) is 6.92 Å². The molecule has 0 fully saturated rings. The highest BCUT2D eigenvalue weighted by atomic mass is 16.5. The molecule has 0 aromatic heterocycles. The molecule has 0 spiro atoms. The van der Waals surface area contributed by atoms with Crippen LogP contribution in [0.4, 0.5) is 5.69 Å². The summed E-state index contributed by atoms with van der Waals surface area (Å²) in [7, 11) is 0. The number of carboxylic acid groups (broad SMARTS) is 1. The van der Waals surface area contributed by atoms with Gasteiger partial charge in [-0.25, -0.2) is 0 Å². The van der Waals surface area contributed by atoms with E-state index in [9.17, 15) is 9.90 Å². The maximum absolute atomic E-state index is 10.6. The van der Waals surface area contributed by atoms with Gasteiger partial charge in [-0.3, -0.25) is 4.79 Å². The highest BCUT2D eigenvalue weighted by Gasteiger charge is 2.09. The maximum atomic E-state index is 10.6. The molecule has 0 bridgehead atoms. The molecule has 2 aromatic rings. The average Bonchev–Trinajstić information content (AvgIpc) is 2.42. The van der Waals surface area contributed by atoms with Gasteiger partial charge in [0.2, 0.25) is 0 Å². The molecule has 0 saturated carbocycles. The number of nitrogen functional groups attached to an aromatic ring is 1. The van der Waals surface area contributed by atoms with Gasteiger partial charge in [0.25, 0.3) is 0 Å². The summed E-state index contributed by atoms with van der Waals surface area (Å²) in [4.78, 5) is 10.6. The van der Waals surface area contributed by atoms with E-state index in [0.29, 0.717) is 23.6 Å². The van der Waals surface area contributed by atoms with E-state index in [-0.39, 0.29) is 12.2 Å². The van der Waals surface area contributed by atoms with Crippen molar-refractivity contribution in [3.05, 3.63) is 47.5 Å². The van der Waals surface area contributed by atoms with Crippen molar-refractivity contribution >= 4 is 11.7 Å². The number of benzene rings is 2. The quantitative estimate of drug-likeness (QED) is 0.735. The van der Waals surface area contributed by atoms with Crippen molar-refractivity contribution in [1.82, 2.24) is 0 Å². The van der Waals surface area contributed by atoms with Crippen LogP contribution in [0.2, 0.25) is 0 Å². The van der Waals surface area contributed by atoms with Crippen molar-refractivity contribution in [2.75, 3.05) is 5.73 Å². The predicted molar refractivity (Wildman–Crippen MR) is 79.7 cm³/mol. The van der Waals surface area contributed by atoms with Crippen molar-refractivity contribution in [2.45, 2.75) is 19.8 Å². The summed E-state index contributed by atoms with van der Waals surface area (Å²) in [5.41, 5.74) is 8.15. The summed E-state index contributed by atoms with van der Waals surface area (Å²) in [5, 5.41) is 18.0. The fourth-order valence-corrected chi connectivity index (χ4v) is 2.05. The van der Waals surface area contributed by atoms with Crippen molar-refractivity contribution in [1.29, 1.82) is 0 Å². The molecule has 5 nitrogen and oxygen atoms in total. The van der Waals surface area contributed by atoms with E-state index in [1.807, 2.05) is 13.0 Å². The van der Waals surface area contributed by atoms with Crippen molar-refractivity contribution in [3.63, 3.8) is 0 Å². The second-order valence-electron chi connectivity index (χ2n) is 4.82. The van der Waals surface area contributed by atoms with Crippen LogP contribution in [0.25, 0.3) is 0 Å². The average molecular weight is 287 g/mol. The Labute approximate surface area is 122 Å². The van der Waals surface area contributed by atoms with E-state index in [4.69, 9.17) is 15.6 Å². The highest BCUT2D eigenvalue weighted by Crippen LogP contribution is 2.33. The zero-order valence-electron chi connectivity index (χ0n) is 11.7. The van der Waals surface area contributed by atoms with Gasteiger partial charge in [0.1, 0.15) is 11.5 Å². The third-order valence-corrected chi connectivity index (χ3v) is 3.05. The Kier molecular flexibility index (Phi) is 4.33. The fraction of sp³-hybridized carbons (Fsp3) is 0.188. The van der Waals surface area contributed by atoms with E-state index in [2.05, 4.69) is 0 Å². The summed E-state index contributed by atoms with van der Waals surface area (Å²) < 4.78 is 5.72. The molecule has 5 heteroatoms. The third kappa shape index (κ3) is 3.89. The Morgan fingerprint density at radius 2 is 1.90 bits per heavy atom. The molecule has 0 aliphatic rings. The minimum atomic E-state index is -0.837. The number of phenolic OH excluding ortho intramolecular Hbond substituents is 1. The highest BCUT2D eigenvalue weighted by molar-refractivity contribution is 5.67. The number of anilines is 1. The molecule has 0 amide bonds. The standard InChI is InChI=1S/C16H17NO4/c1-10-8-11(2-7-15(19)20)9-14(17)16(10)21-13-5-3-12(18)4-6-13/h3-6,8-9,18H,2,7,17H2,1H3,(H,19,20). The van der Waals surface area contributed by atoms with E-state index in [0.717, 1.165) is 11.1 Å². The number of carbonyl (C=O) groups is 1. The Bertz CT molecular complexity index is 627. The number of phenols is 1. The molecule has 2 aromatic carbocycles. The van der Waals surface area contributed by atoms with E-state index in [1.54, 1.807) is 18.2 Å². The lowest BCUT2D eigenvalue weighted by molar-refractivity contribution is -0.136. The van der Waals surface area contributed by atoms with Crippen LogP contribution in [-0.2, 0) is 11.2 Å². The fourth-order valence-electron chi connectivity index (χ4n) is 2.05. The van der Waals surface area contributed by atoms with Crippen LogP contribution in [0.1, 0.15) is 17.5 Å². The zero-order chi connectivity index (χ0) is 15.4. The molecule has 0 aliphatic heterocycles. The Hall–Kier alpha value is -2.69. The monoisotopic (exact) mass is 287 g/mol. The first-order valence-corrected chi connectivity index (χ1v) is 6.53. The number of nitrogens with two attached hydrogens (primary N) is 1. The summed E-state index contributed by atoms with van der Waals surface area (Å²) in [6.07, 6.45) is 0.497. The normalized spacial score (nSPS) is 10.3. The van der Waals surface area contributed by atoms with Crippen molar-refractivity contribution in [2.24, 2.45) is 0 Å². The van der Waals surface area contributed by atoms with Gasteiger partial charge in [-0.1, -0.05) is 6.07 Å². The second kappa shape index (κ2) is 6.17. The maximum Gasteiger partial charge on any atom is 0.303 e. The van der Waals surface area contributed by atoms with E-state index in [1.165, 1.54) is 12.1 Å². The summed E-state index contributed by atoms with van der Waals surface area (Å²) >= 11 is 0. The third-order valence-electron chi connectivity index (χ3n) is 3.05. The summed E-state index contributed by atoms with van der Waals surface area (Å²) in [5.74, 6) is 0.437. The number of rotatable bonds is 5. The van der Waals surface area contributed by atoms with Crippen LogP contribution < -0.4 is 10.5 Å². The minimum absolute atomic E-state index is 0.0665. The van der Waals surface area contributed by atoms with Crippen LogP contribution in [0.15, 0.2) is 36.4 Å². The number of ether oxygens (including phenoxy) is 1. The molecule has 110 valence electrons. The van der Waals surface area contributed by atoms with Crippen LogP contribution >= 0.6 is 0 Å². The van der Waals surface area contributed by atoms with Crippen molar-refractivity contribution in [3.8, 4) is 17.2 Å². The number of carboxylic acids is 1. The van der Waals surface area contributed by atoms with Gasteiger partial charge in [0, 0.05) is 6.42 Å². The van der Waals surface area contributed by atoms with Gasteiger partial charge in [0.05, 0.1) is 5.69 Å². The first kappa shape index (κ1) is 14.7. The number of aromatic hydroxyl groups is 1. The second-order valence-corrected chi connectivity index (χ2v) is 4.82. The van der Waals surface area contributed by atoms with E-state index >= 15 is 0 Å². The van der Waals surface area contributed by atoms with Crippen LogP contribution in [0.5, 0.6) is 17.2 Å². The Morgan fingerprint density at radius 3 is 2.48 bits per heavy atom. The first-order chi connectivity index (χ1) is 9.95. The first-order valence-electron chi connectivity index (χ1n) is 6.53. The molecule has 0 aliphatic carbocycles. The van der Waals surface area contributed by atoms with Gasteiger partial charge in [-0.2, -0.15) is 0 Å². The SMILES string of the molecule is Cc1cc(CCC(=O)O)cc(N)c1Oc1ccc(O)cc1. The van der Waals surface area contributed by atoms with Gasteiger partial charge in [-0.05, 0) is 54.8 Å². The van der Waals surface area contributed by atoms with E-state index < -0.39 is 5.97 Å². The Balaban J connectivity index is 2.20. The molecule has 4 N–H and O–H groups in total. The molecular formula is C16H17NO4. The number of hydrogen-bond acceptors (Lipinski definition) is 4. The number of aryl methyl sites for hydroxylation is 2. The molecular weight excluding hydrogens is 270 g/mol. The summed E-state index contributed by atoms with van der Waals surface area (Å²) in [6.45, 7) is 1.86. The van der Waals surface area contributed by atoms with Gasteiger partial charge < -0.3 is 20.7 Å². The molecule has 0 unspecified atom stereocenters. The lowest BCUT2D eigenvalue weighted by atomic mass is 10.0. The zero-order valence-corrected chi connectivity index (χ0v) is 11.7. The van der Waals surface area contributed by atoms with Gasteiger partial charge in [-0.15, -0.1) is 0 Å².